The van der Waals surface area contributed by atoms with Crippen molar-refractivity contribution >= 4 is 0 Å². The minimum atomic E-state index is -0.187. The Bertz CT molecular complexity index is 1960. The van der Waals surface area contributed by atoms with Gasteiger partial charge in [-0.1, -0.05) is 0 Å². The van der Waals surface area contributed by atoms with Crippen LogP contribution in [-0.4, -0.2) is 88.4 Å². The summed E-state index contributed by atoms with van der Waals surface area (Å²) >= 11 is 0. The van der Waals surface area contributed by atoms with Crippen molar-refractivity contribution in [2.24, 2.45) is 0 Å². The summed E-state index contributed by atoms with van der Waals surface area (Å²) in [6, 6.07) is 14.9. The lowest BCUT2D eigenvalue weighted by Gasteiger charge is -2.24. The van der Waals surface area contributed by atoms with Gasteiger partial charge in [0.2, 0.25) is 0 Å². The smallest absolute Gasteiger partial charge is 0.142 e. The molecule has 0 aliphatic heterocycles. The van der Waals surface area contributed by atoms with Crippen molar-refractivity contribution in [3.8, 4) is 119 Å². The van der Waals surface area contributed by atoms with Crippen LogP contribution in [0.2, 0.25) is 0 Å². The van der Waals surface area contributed by atoms with Crippen molar-refractivity contribution in [2.45, 2.75) is 0 Å². The summed E-state index contributed by atoms with van der Waals surface area (Å²) in [4.78, 5) is 0. The number of phenolic OH excluding ortho intramolecular Hbond substituents is 2. The predicted octanol–water partition coefficient (Wildman–Crippen LogP) is 7.86. The molecule has 13 heteroatoms. The first-order valence-electron chi connectivity index (χ1n) is 16.4. The Balaban J connectivity index is 1.92. The van der Waals surface area contributed by atoms with E-state index in [2.05, 4.69) is 0 Å². The molecule has 5 aromatic rings. The van der Waals surface area contributed by atoms with Crippen LogP contribution in [-0.2, 0) is 0 Å². The molecule has 0 heterocycles. The lowest BCUT2D eigenvalue weighted by molar-refractivity contribution is 0.376. The molecule has 2 N–H and O–H groups in total. The van der Waals surface area contributed by atoms with E-state index < -0.39 is 0 Å². The summed E-state index contributed by atoms with van der Waals surface area (Å²) in [5, 5.41) is 24.5. The first-order valence-corrected chi connectivity index (χ1v) is 16.4. The normalized spacial score (nSPS) is 10.6. The van der Waals surface area contributed by atoms with E-state index in [4.69, 9.17) is 52.1 Å². The molecule has 0 unspecified atom stereocenters. The molecule has 13 nitrogen and oxygen atoms in total. The molecule has 0 radical (unpaired) electrons. The molecule has 0 atom stereocenters. The van der Waals surface area contributed by atoms with Gasteiger partial charge in [0.15, 0.2) is 0 Å². The van der Waals surface area contributed by atoms with E-state index in [-0.39, 0.29) is 39.9 Å². The van der Waals surface area contributed by atoms with Crippen LogP contribution in [0.4, 0.5) is 0 Å². The minimum Gasteiger partial charge on any atom is -0.507 e. The SMILES string of the molecule is COc1cc(OC)c(-c2cc(OC)cc(-c3c(OC)cc(OC)c(-c4cc(OC)cc(-c5c(OC)cc(OC)cc5OC)c4O)c3OC)c2O)c(OC)c1. The van der Waals surface area contributed by atoms with Crippen LogP contribution in [0.1, 0.15) is 0 Å². The Hall–Kier alpha value is -6.50. The van der Waals surface area contributed by atoms with Gasteiger partial charge in [0.25, 0.3) is 0 Å². The van der Waals surface area contributed by atoms with Gasteiger partial charge in [0.05, 0.1) is 100 Å². The van der Waals surface area contributed by atoms with Gasteiger partial charge in [-0.3, -0.25) is 0 Å². The van der Waals surface area contributed by atoms with Gasteiger partial charge in [0, 0.05) is 52.6 Å². The fourth-order valence-electron chi connectivity index (χ4n) is 6.40. The second-order valence-corrected chi connectivity index (χ2v) is 11.5. The van der Waals surface area contributed by atoms with Crippen LogP contribution in [0, 0.1) is 0 Å². The lowest BCUT2D eigenvalue weighted by atomic mass is 9.89. The number of benzene rings is 5. The van der Waals surface area contributed by atoms with Crippen molar-refractivity contribution < 1.29 is 62.3 Å². The summed E-state index contributed by atoms with van der Waals surface area (Å²) < 4.78 is 63.4. The summed E-state index contributed by atoms with van der Waals surface area (Å²) in [7, 11) is 16.5. The summed E-state index contributed by atoms with van der Waals surface area (Å²) in [5.74, 6) is 3.56. The Morgan fingerprint density at radius 1 is 0.278 bits per heavy atom. The topological polar surface area (TPSA) is 142 Å². The molecular weight excluding hydrogens is 700 g/mol. The van der Waals surface area contributed by atoms with E-state index in [0.29, 0.717) is 79.4 Å². The zero-order valence-electron chi connectivity index (χ0n) is 32.1. The Morgan fingerprint density at radius 2 is 0.519 bits per heavy atom. The van der Waals surface area contributed by atoms with E-state index in [1.807, 2.05) is 0 Å². The van der Waals surface area contributed by atoms with Crippen LogP contribution in [0.5, 0.6) is 74.7 Å². The second-order valence-electron chi connectivity index (χ2n) is 11.5. The minimum absolute atomic E-state index is 0.178. The van der Waals surface area contributed by atoms with Crippen LogP contribution < -0.4 is 52.1 Å². The second kappa shape index (κ2) is 16.4. The molecule has 286 valence electrons. The maximum Gasteiger partial charge on any atom is 0.142 e. The van der Waals surface area contributed by atoms with Gasteiger partial charge < -0.3 is 62.3 Å². The third kappa shape index (κ3) is 6.75. The molecule has 5 aromatic carbocycles. The van der Waals surface area contributed by atoms with Gasteiger partial charge in [-0.2, -0.15) is 0 Å². The fraction of sp³-hybridized carbons (Fsp3) is 0.268. The van der Waals surface area contributed by atoms with Gasteiger partial charge in [-0.15, -0.1) is 0 Å². The number of ether oxygens (including phenoxy) is 11. The average Bonchev–Trinajstić information content (AvgIpc) is 3.21. The van der Waals surface area contributed by atoms with Crippen molar-refractivity contribution in [2.75, 3.05) is 78.2 Å². The lowest BCUT2D eigenvalue weighted by Crippen LogP contribution is -2.02. The molecular formula is C41H44O13. The molecule has 0 aliphatic rings. The number of aromatic hydroxyl groups is 2. The number of phenols is 2. The summed E-state index contributed by atoms with van der Waals surface area (Å²) in [5.41, 5.74) is 2.61. The van der Waals surface area contributed by atoms with E-state index >= 15 is 0 Å². The van der Waals surface area contributed by atoms with E-state index in [9.17, 15) is 10.2 Å². The third-order valence-electron chi connectivity index (χ3n) is 9.00. The van der Waals surface area contributed by atoms with Gasteiger partial charge in [-0.25, -0.2) is 0 Å². The fourth-order valence-corrected chi connectivity index (χ4v) is 6.40. The highest BCUT2D eigenvalue weighted by Crippen LogP contribution is 2.58. The van der Waals surface area contributed by atoms with Gasteiger partial charge in [-0.05, 0) is 24.3 Å². The van der Waals surface area contributed by atoms with Gasteiger partial charge >= 0.3 is 0 Å². The first kappa shape index (κ1) is 38.7. The number of hydrogen-bond donors (Lipinski definition) is 2. The Morgan fingerprint density at radius 3 is 0.759 bits per heavy atom. The maximum atomic E-state index is 12.2. The molecule has 54 heavy (non-hydrogen) atoms. The zero-order valence-corrected chi connectivity index (χ0v) is 32.1. The van der Waals surface area contributed by atoms with E-state index in [1.165, 1.54) is 78.2 Å². The van der Waals surface area contributed by atoms with Crippen LogP contribution in [0.3, 0.4) is 0 Å². The largest absolute Gasteiger partial charge is 0.507 e. The average molecular weight is 745 g/mol. The van der Waals surface area contributed by atoms with Crippen molar-refractivity contribution in [1.82, 2.24) is 0 Å². The quantitative estimate of drug-likeness (QED) is 0.108. The van der Waals surface area contributed by atoms with Crippen LogP contribution >= 0.6 is 0 Å². The summed E-state index contributed by atoms with van der Waals surface area (Å²) in [6.45, 7) is 0. The third-order valence-corrected chi connectivity index (χ3v) is 9.00. The molecule has 0 fully saturated rings. The Kier molecular flexibility index (Phi) is 11.8. The molecule has 0 saturated heterocycles. The van der Waals surface area contributed by atoms with Crippen molar-refractivity contribution in [3.05, 3.63) is 54.6 Å². The molecule has 0 aliphatic carbocycles. The summed E-state index contributed by atoms with van der Waals surface area (Å²) in [6.07, 6.45) is 0. The highest BCUT2D eigenvalue weighted by Gasteiger charge is 2.31. The standard InChI is InChI=1S/C41H44O13/c1-44-21-12-25(35-29(48-5)16-23(46-3)17-30(35)49-6)39(42)27(14-21)37-33(52-9)20-34(53-10)38(41(37)54-11)28-15-22(45-2)13-26(40(28)43)36-31(50-7)18-24(47-4)19-32(36)51-8/h12-20,42-43H,1-11H3. The Labute approximate surface area is 314 Å². The van der Waals surface area contributed by atoms with Gasteiger partial charge in [0.1, 0.15) is 74.7 Å². The molecule has 0 aromatic heterocycles. The molecule has 0 bridgehead atoms. The molecule has 5 rings (SSSR count). The molecule has 0 amide bonds. The molecule has 0 spiro atoms. The zero-order chi connectivity index (χ0) is 39.3. The van der Waals surface area contributed by atoms with E-state index in [0.717, 1.165) is 0 Å². The van der Waals surface area contributed by atoms with Crippen molar-refractivity contribution in [3.63, 3.8) is 0 Å². The van der Waals surface area contributed by atoms with Crippen LogP contribution in [0.25, 0.3) is 44.5 Å². The van der Waals surface area contributed by atoms with Crippen molar-refractivity contribution in [1.29, 1.82) is 0 Å². The molecule has 0 saturated carbocycles. The first-order chi connectivity index (χ1) is 26.1. The number of rotatable bonds is 15. The highest BCUT2D eigenvalue weighted by molar-refractivity contribution is 5.99. The van der Waals surface area contributed by atoms with E-state index in [1.54, 1.807) is 54.6 Å². The monoisotopic (exact) mass is 744 g/mol. The predicted molar refractivity (Wildman–Crippen MR) is 204 cm³/mol. The van der Waals surface area contributed by atoms with Crippen LogP contribution in [0.15, 0.2) is 54.6 Å². The number of hydrogen-bond acceptors (Lipinski definition) is 13. The number of methoxy groups -OCH3 is 11. The highest BCUT2D eigenvalue weighted by atomic mass is 16.5. The maximum absolute atomic E-state index is 12.2.